The van der Waals surface area contributed by atoms with E-state index in [-0.39, 0.29) is 5.91 Å². The molecule has 4 rings (SSSR count). The third-order valence-corrected chi connectivity index (χ3v) is 4.59. The molecular weight excluding hydrogens is 320 g/mol. The molecule has 1 fully saturated rings. The largest absolute Gasteiger partial charge is 0.472 e. The van der Waals surface area contributed by atoms with Crippen molar-refractivity contribution in [1.82, 2.24) is 19.4 Å². The predicted molar refractivity (Wildman–Crippen MR) is 91.1 cm³/mol. The lowest BCUT2D eigenvalue weighted by Crippen LogP contribution is -2.26. The highest BCUT2D eigenvalue weighted by Crippen LogP contribution is 2.25. The average Bonchev–Trinajstić information content (AvgIpc) is 3.30. The number of nitrogens with zero attached hydrogens (tertiary/aromatic N) is 4. The average molecular weight is 340 g/mol. The minimum absolute atomic E-state index is 0.0868. The maximum absolute atomic E-state index is 12.6. The predicted octanol–water partition coefficient (Wildman–Crippen LogP) is 2.65. The summed E-state index contributed by atoms with van der Waals surface area (Å²) in [5.41, 5.74) is 3.05. The van der Waals surface area contributed by atoms with Crippen molar-refractivity contribution in [3.05, 3.63) is 48.3 Å². The highest BCUT2D eigenvalue weighted by Gasteiger charge is 2.20. The molecule has 0 radical (unpaired) electrons. The minimum Gasteiger partial charge on any atom is -0.472 e. The van der Waals surface area contributed by atoms with E-state index in [0.29, 0.717) is 18.2 Å². The van der Waals surface area contributed by atoms with Crippen LogP contribution < -0.4 is 0 Å². The van der Waals surface area contributed by atoms with E-state index in [9.17, 15) is 4.79 Å². The molecule has 0 bridgehead atoms. The van der Waals surface area contributed by atoms with Crippen LogP contribution in [0.3, 0.4) is 0 Å². The molecule has 1 aliphatic heterocycles. The highest BCUT2D eigenvalue weighted by molar-refractivity contribution is 5.96. The van der Waals surface area contributed by atoms with E-state index in [4.69, 9.17) is 9.15 Å². The van der Waals surface area contributed by atoms with Gasteiger partial charge in [0.15, 0.2) is 5.65 Å². The second-order valence-electron chi connectivity index (χ2n) is 6.35. The zero-order valence-corrected chi connectivity index (χ0v) is 14.1. The van der Waals surface area contributed by atoms with E-state index < -0.39 is 0 Å². The summed E-state index contributed by atoms with van der Waals surface area (Å²) in [6.45, 7) is 2.02. The molecule has 1 amide bonds. The van der Waals surface area contributed by atoms with Gasteiger partial charge in [-0.2, -0.15) is 0 Å². The van der Waals surface area contributed by atoms with Crippen LogP contribution in [0.4, 0.5) is 0 Å². The number of ether oxygens (including phenoxy) is 1. The SMILES string of the molecule is CN(Cc1ccoc1)C(=O)c1cnc2c(c1)ncn2C1CCOCC1. The van der Waals surface area contributed by atoms with Crippen LogP contribution in [-0.4, -0.2) is 45.6 Å². The summed E-state index contributed by atoms with van der Waals surface area (Å²) in [4.78, 5) is 23.2. The fraction of sp³-hybridized carbons (Fsp3) is 0.389. The zero-order chi connectivity index (χ0) is 17.2. The molecule has 25 heavy (non-hydrogen) atoms. The number of pyridine rings is 1. The second kappa shape index (κ2) is 6.68. The second-order valence-corrected chi connectivity index (χ2v) is 6.35. The Hall–Kier alpha value is -2.67. The van der Waals surface area contributed by atoms with E-state index in [0.717, 1.165) is 42.8 Å². The third-order valence-electron chi connectivity index (χ3n) is 4.59. The van der Waals surface area contributed by atoms with Crippen molar-refractivity contribution in [2.24, 2.45) is 0 Å². The van der Waals surface area contributed by atoms with Crippen LogP contribution in [0, 0.1) is 0 Å². The van der Waals surface area contributed by atoms with Gasteiger partial charge in [0.1, 0.15) is 5.52 Å². The van der Waals surface area contributed by atoms with Crippen molar-refractivity contribution in [2.75, 3.05) is 20.3 Å². The molecule has 0 saturated carbocycles. The van der Waals surface area contributed by atoms with Crippen molar-refractivity contribution in [3.8, 4) is 0 Å². The molecule has 130 valence electrons. The van der Waals surface area contributed by atoms with Crippen molar-refractivity contribution in [2.45, 2.75) is 25.4 Å². The monoisotopic (exact) mass is 340 g/mol. The van der Waals surface area contributed by atoms with Crippen molar-refractivity contribution in [1.29, 1.82) is 0 Å². The maximum Gasteiger partial charge on any atom is 0.255 e. The van der Waals surface area contributed by atoms with E-state index in [1.807, 2.05) is 18.5 Å². The lowest BCUT2D eigenvalue weighted by molar-refractivity contribution is 0.0704. The lowest BCUT2D eigenvalue weighted by atomic mass is 10.1. The first kappa shape index (κ1) is 15.8. The number of imidazole rings is 1. The Morgan fingerprint density at radius 1 is 1.36 bits per heavy atom. The Bertz CT molecular complexity index is 866. The van der Waals surface area contributed by atoms with Gasteiger partial charge >= 0.3 is 0 Å². The number of aromatic nitrogens is 3. The van der Waals surface area contributed by atoms with Crippen LogP contribution >= 0.6 is 0 Å². The Kier molecular flexibility index (Phi) is 4.23. The Balaban J connectivity index is 1.55. The van der Waals surface area contributed by atoms with E-state index in [1.54, 1.807) is 30.7 Å². The van der Waals surface area contributed by atoms with Crippen LogP contribution in [0.25, 0.3) is 11.2 Å². The van der Waals surface area contributed by atoms with Gasteiger partial charge in [-0.15, -0.1) is 0 Å². The van der Waals surface area contributed by atoms with Crippen LogP contribution in [-0.2, 0) is 11.3 Å². The van der Waals surface area contributed by atoms with Crippen molar-refractivity contribution < 1.29 is 13.9 Å². The molecule has 1 saturated heterocycles. The molecule has 0 N–H and O–H groups in total. The van der Waals surface area contributed by atoms with Crippen LogP contribution in [0.2, 0.25) is 0 Å². The van der Waals surface area contributed by atoms with Gasteiger partial charge in [0.25, 0.3) is 5.91 Å². The summed E-state index contributed by atoms with van der Waals surface area (Å²) in [6, 6.07) is 4.02. The molecule has 7 nitrogen and oxygen atoms in total. The van der Waals surface area contributed by atoms with Gasteiger partial charge in [0.2, 0.25) is 0 Å². The molecule has 0 aromatic carbocycles. The van der Waals surface area contributed by atoms with Gasteiger partial charge in [-0.3, -0.25) is 4.79 Å². The van der Waals surface area contributed by atoms with E-state index in [2.05, 4.69) is 14.5 Å². The molecule has 4 heterocycles. The number of amides is 1. The molecule has 3 aromatic heterocycles. The molecule has 1 aliphatic rings. The van der Waals surface area contributed by atoms with Gasteiger partial charge < -0.3 is 18.6 Å². The number of carbonyl (C=O) groups excluding carboxylic acids is 1. The number of hydrogen-bond donors (Lipinski definition) is 0. The molecule has 0 atom stereocenters. The van der Waals surface area contributed by atoms with Gasteiger partial charge in [-0.25, -0.2) is 9.97 Å². The number of furan rings is 1. The standard InChI is InChI=1S/C18H20N4O3/c1-21(10-13-2-5-25-11-13)18(23)14-8-16-17(19-9-14)22(12-20-16)15-3-6-24-7-4-15/h2,5,8-9,11-12,15H,3-4,6-7,10H2,1H3. The molecule has 0 aliphatic carbocycles. The van der Waals surface area contributed by atoms with Gasteiger partial charge in [0.05, 0.1) is 24.4 Å². The molecular formula is C18H20N4O3. The normalized spacial score (nSPS) is 15.6. The lowest BCUT2D eigenvalue weighted by Gasteiger charge is -2.23. The van der Waals surface area contributed by atoms with Crippen molar-refractivity contribution >= 4 is 17.1 Å². The summed E-state index contributed by atoms with van der Waals surface area (Å²) in [5.74, 6) is -0.0868. The Morgan fingerprint density at radius 2 is 2.20 bits per heavy atom. The fourth-order valence-corrected chi connectivity index (χ4v) is 3.22. The van der Waals surface area contributed by atoms with Crippen LogP contribution in [0.15, 0.2) is 41.6 Å². The first-order chi connectivity index (χ1) is 12.2. The maximum atomic E-state index is 12.6. The topological polar surface area (TPSA) is 73.4 Å². The summed E-state index contributed by atoms with van der Waals surface area (Å²) < 4.78 is 12.6. The van der Waals surface area contributed by atoms with Crippen LogP contribution in [0.1, 0.15) is 34.8 Å². The number of carbonyl (C=O) groups is 1. The first-order valence-corrected chi connectivity index (χ1v) is 8.39. The number of hydrogen-bond acceptors (Lipinski definition) is 5. The smallest absolute Gasteiger partial charge is 0.255 e. The Labute approximate surface area is 145 Å². The van der Waals surface area contributed by atoms with Crippen molar-refractivity contribution in [3.63, 3.8) is 0 Å². The summed E-state index contributed by atoms with van der Waals surface area (Å²) in [5, 5.41) is 0. The van der Waals surface area contributed by atoms with Gasteiger partial charge in [-0.05, 0) is 25.0 Å². The summed E-state index contributed by atoms with van der Waals surface area (Å²) in [6.07, 6.45) is 8.61. The number of rotatable bonds is 4. The highest BCUT2D eigenvalue weighted by atomic mass is 16.5. The van der Waals surface area contributed by atoms with Gasteiger partial charge in [-0.1, -0.05) is 0 Å². The fourth-order valence-electron chi connectivity index (χ4n) is 3.22. The summed E-state index contributed by atoms with van der Waals surface area (Å²) in [7, 11) is 1.76. The van der Waals surface area contributed by atoms with Gasteiger partial charge in [0, 0.05) is 44.6 Å². The van der Waals surface area contributed by atoms with Crippen LogP contribution in [0.5, 0.6) is 0 Å². The van der Waals surface area contributed by atoms with E-state index >= 15 is 0 Å². The summed E-state index contributed by atoms with van der Waals surface area (Å²) >= 11 is 0. The zero-order valence-electron chi connectivity index (χ0n) is 14.1. The molecule has 0 spiro atoms. The Morgan fingerprint density at radius 3 is 2.96 bits per heavy atom. The first-order valence-electron chi connectivity index (χ1n) is 8.39. The van der Waals surface area contributed by atoms with E-state index in [1.165, 1.54) is 0 Å². The molecule has 0 unspecified atom stereocenters. The minimum atomic E-state index is -0.0868. The number of fused-ring (bicyclic) bond motifs is 1. The molecule has 3 aromatic rings. The quantitative estimate of drug-likeness (QED) is 0.730. The third kappa shape index (κ3) is 3.15. The molecule has 7 heteroatoms.